The van der Waals surface area contributed by atoms with Gasteiger partial charge in [-0.3, -0.25) is 0 Å². The first-order chi connectivity index (χ1) is 8.25. The number of aryl methyl sites for hydroxylation is 1. The van der Waals surface area contributed by atoms with Crippen LogP contribution in [0.4, 0.5) is 0 Å². The molecule has 0 amide bonds. The van der Waals surface area contributed by atoms with E-state index in [0.717, 1.165) is 19.3 Å². The van der Waals surface area contributed by atoms with Crippen molar-refractivity contribution in [3.63, 3.8) is 0 Å². The highest BCUT2D eigenvalue weighted by Crippen LogP contribution is 2.46. The Morgan fingerprint density at radius 2 is 2.00 bits per heavy atom. The Balaban J connectivity index is 1.88. The SMILES string of the molecule is NCC1(C(O)C2CC2)CCc2ccccc2C1. The Hall–Kier alpha value is -0.860. The van der Waals surface area contributed by atoms with Gasteiger partial charge in [0, 0.05) is 12.0 Å². The van der Waals surface area contributed by atoms with Crippen LogP contribution in [0.2, 0.25) is 0 Å². The summed E-state index contributed by atoms with van der Waals surface area (Å²) < 4.78 is 0. The van der Waals surface area contributed by atoms with Crippen LogP contribution in [0, 0.1) is 11.3 Å². The highest BCUT2D eigenvalue weighted by atomic mass is 16.3. The number of rotatable bonds is 3. The predicted octanol–water partition coefficient (Wildman–Crippen LogP) is 1.89. The van der Waals surface area contributed by atoms with Gasteiger partial charge in [-0.1, -0.05) is 24.3 Å². The van der Waals surface area contributed by atoms with Gasteiger partial charge in [-0.2, -0.15) is 0 Å². The molecular weight excluding hydrogens is 210 g/mol. The van der Waals surface area contributed by atoms with E-state index in [9.17, 15) is 5.11 Å². The van der Waals surface area contributed by atoms with Gasteiger partial charge in [0.1, 0.15) is 0 Å². The zero-order valence-electron chi connectivity index (χ0n) is 10.2. The summed E-state index contributed by atoms with van der Waals surface area (Å²) in [6.07, 6.45) is 5.24. The molecule has 3 N–H and O–H groups in total. The Bertz CT molecular complexity index is 413. The predicted molar refractivity (Wildman–Crippen MR) is 68.7 cm³/mol. The quantitative estimate of drug-likeness (QED) is 0.834. The van der Waals surface area contributed by atoms with Gasteiger partial charge in [-0.25, -0.2) is 0 Å². The number of aliphatic hydroxyl groups is 1. The first-order valence-electron chi connectivity index (χ1n) is 6.70. The van der Waals surface area contributed by atoms with E-state index in [1.165, 1.54) is 24.0 Å². The Labute approximate surface area is 103 Å². The highest BCUT2D eigenvalue weighted by Gasteiger charge is 2.46. The average Bonchev–Trinajstić information content (AvgIpc) is 3.21. The molecule has 2 atom stereocenters. The van der Waals surface area contributed by atoms with Gasteiger partial charge in [0.15, 0.2) is 0 Å². The van der Waals surface area contributed by atoms with E-state index in [0.29, 0.717) is 12.5 Å². The third-order valence-corrected chi connectivity index (χ3v) is 4.66. The zero-order valence-corrected chi connectivity index (χ0v) is 10.2. The Kier molecular flexibility index (Phi) is 2.72. The second-order valence-corrected chi connectivity index (χ2v) is 5.79. The molecular formula is C15H21NO. The van der Waals surface area contributed by atoms with Crippen LogP contribution in [0.1, 0.15) is 30.4 Å². The molecule has 1 aromatic carbocycles. The molecule has 0 spiro atoms. The van der Waals surface area contributed by atoms with Crippen LogP contribution >= 0.6 is 0 Å². The zero-order chi connectivity index (χ0) is 11.9. The maximum Gasteiger partial charge on any atom is 0.0639 e. The number of aliphatic hydroxyl groups excluding tert-OH is 1. The molecule has 92 valence electrons. The van der Waals surface area contributed by atoms with Crippen molar-refractivity contribution in [1.29, 1.82) is 0 Å². The van der Waals surface area contributed by atoms with E-state index in [-0.39, 0.29) is 11.5 Å². The summed E-state index contributed by atoms with van der Waals surface area (Å²) >= 11 is 0. The van der Waals surface area contributed by atoms with Gasteiger partial charge in [-0.15, -0.1) is 0 Å². The third kappa shape index (κ3) is 1.90. The minimum absolute atomic E-state index is 0.0600. The standard InChI is InChI=1S/C15H21NO/c16-10-15(14(17)12-5-6-12)8-7-11-3-1-2-4-13(11)9-15/h1-4,12,14,17H,5-10,16H2. The fraction of sp³-hybridized carbons (Fsp3) is 0.600. The summed E-state index contributed by atoms with van der Waals surface area (Å²) in [4.78, 5) is 0. The second-order valence-electron chi connectivity index (χ2n) is 5.79. The molecule has 2 nitrogen and oxygen atoms in total. The maximum absolute atomic E-state index is 10.5. The lowest BCUT2D eigenvalue weighted by Crippen LogP contribution is -2.47. The molecule has 0 heterocycles. The molecule has 1 saturated carbocycles. The molecule has 2 unspecified atom stereocenters. The van der Waals surface area contributed by atoms with Crippen molar-refractivity contribution >= 4 is 0 Å². The molecule has 0 aliphatic heterocycles. The molecule has 0 aromatic heterocycles. The highest BCUT2D eigenvalue weighted by molar-refractivity contribution is 5.31. The second kappa shape index (κ2) is 4.11. The van der Waals surface area contributed by atoms with Crippen LogP contribution in [-0.2, 0) is 12.8 Å². The van der Waals surface area contributed by atoms with Crippen molar-refractivity contribution < 1.29 is 5.11 Å². The normalized spacial score (nSPS) is 29.8. The summed E-state index contributed by atoms with van der Waals surface area (Å²) in [5.74, 6) is 0.517. The molecule has 1 fully saturated rings. The van der Waals surface area contributed by atoms with Crippen LogP contribution < -0.4 is 5.73 Å². The molecule has 0 bridgehead atoms. The lowest BCUT2D eigenvalue weighted by molar-refractivity contribution is 0.00322. The van der Waals surface area contributed by atoms with Crippen LogP contribution in [0.25, 0.3) is 0 Å². The molecule has 1 aromatic rings. The largest absolute Gasteiger partial charge is 0.392 e. The van der Waals surface area contributed by atoms with E-state index in [2.05, 4.69) is 24.3 Å². The third-order valence-electron chi connectivity index (χ3n) is 4.66. The van der Waals surface area contributed by atoms with Crippen molar-refractivity contribution in [3.8, 4) is 0 Å². The summed E-state index contributed by atoms with van der Waals surface area (Å²) in [6, 6.07) is 8.60. The van der Waals surface area contributed by atoms with Crippen molar-refractivity contribution in [2.75, 3.05) is 6.54 Å². The van der Waals surface area contributed by atoms with Crippen LogP contribution in [-0.4, -0.2) is 17.8 Å². The molecule has 0 saturated heterocycles. The van der Waals surface area contributed by atoms with Crippen LogP contribution in [0.5, 0.6) is 0 Å². The topological polar surface area (TPSA) is 46.2 Å². The first kappa shape index (κ1) is 11.2. The lowest BCUT2D eigenvalue weighted by atomic mass is 9.67. The summed E-state index contributed by atoms with van der Waals surface area (Å²) in [7, 11) is 0. The van der Waals surface area contributed by atoms with Crippen molar-refractivity contribution in [2.24, 2.45) is 17.1 Å². The smallest absolute Gasteiger partial charge is 0.0639 e. The van der Waals surface area contributed by atoms with Crippen molar-refractivity contribution in [2.45, 2.75) is 38.2 Å². The van der Waals surface area contributed by atoms with Gasteiger partial charge in [0.05, 0.1) is 6.10 Å². The Morgan fingerprint density at radius 1 is 1.29 bits per heavy atom. The summed E-state index contributed by atoms with van der Waals surface area (Å²) in [5.41, 5.74) is 8.78. The maximum atomic E-state index is 10.5. The monoisotopic (exact) mass is 231 g/mol. The van der Waals surface area contributed by atoms with Gasteiger partial charge in [0.25, 0.3) is 0 Å². The van der Waals surface area contributed by atoms with E-state index >= 15 is 0 Å². The van der Waals surface area contributed by atoms with Gasteiger partial charge < -0.3 is 10.8 Å². The van der Waals surface area contributed by atoms with Crippen LogP contribution in [0.3, 0.4) is 0 Å². The van der Waals surface area contributed by atoms with Crippen molar-refractivity contribution in [1.82, 2.24) is 0 Å². The number of hydrogen-bond acceptors (Lipinski definition) is 2. The minimum atomic E-state index is -0.194. The van der Waals surface area contributed by atoms with E-state index in [1.54, 1.807) is 0 Å². The van der Waals surface area contributed by atoms with Crippen molar-refractivity contribution in [3.05, 3.63) is 35.4 Å². The molecule has 2 aliphatic rings. The van der Waals surface area contributed by atoms with Crippen LogP contribution in [0.15, 0.2) is 24.3 Å². The van der Waals surface area contributed by atoms with E-state index in [4.69, 9.17) is 5.73 Å². The minimum Gasteiger partial charge on any atom is -0.392 e. The average molecular weight is 231 g/mol. The Morgan fingerprint density at radius 3 is 2.65 bits per heavy atom. The molecule has 2 heteroatoms. The van der Waals surface area contributed by atoms with E-state index < -0.39 is 0 Å². The number of fused-ring (bicyclic) bond motifs is 1. The van der Waals surface area contributed by atoms with Gasteiger partial charge in [0.2, 0.25) is 0 Å². The molecule has 0 radical (unpaired) electrons. The molecule has 2 aliphatic carbocycles. The first-order valence-corrected chi connectivity index (χ1v) is 6.70. The number of benzene rings is 1. The van der Waals surface area contributed by atoms with Gasteiger partial charge in [-0.05, 0) is 49.1 Å². The summed E-state index contributed by atoms with van der Waals surface area (Å²) in [5, 5.41) is 10.5. The summed E-state index contributed by atoms with van der Waals surface area (Å²) in [6.45, 7) is 0.610. The fourth-order valence-corrected chi connectivity index (χ4v) is 3.28. The lowest BCUT2D eigenvalue weighted by Gasteiger charge is -2.41. The fourth-order valence-electron chi connectivity index (χ4n) is 3.28. The number of hydrogen-bond donors (Lipinski definition) is 2. The number of nitrogens with two attached hydrogens (primary N) is 1. The molecule has 3 rings (SSSR count). The van der Waals surface area contributed by atoms with Gasteiger partial charge >= 0.3 is 0 Å². The van der Waals surface area contributed by atoms with E-state index in [1.807, 2.05) is 0 Å². The molecule has 17 heavy (non-hydrogen) atoms.